The lowest BCUT2D eigenvalue weighted by molar-refractivity contribution is -0.387. The Morgan fingerprint density at radius 3 is 2.67 bits per heavy atom. The highest BCUT2D eigenvalue weighted by Crippen LogP contribution is 2.28. The van der Waals surface area contributed by atoms with Crippen LogP contribution >= 0.6 is 0 Å². The zero-order valence-electron chi connectivity index (χ0n) is 10.00. The highest BCUT2D eigenvalue weighted by atomic mass is 32.2. The molecule has 0 aliphatic carbocycles. The van der Waals surface area contributed by atoms with E-state index in [1.54, 1.807) is 0 Å². The van der Waals surface area contributed by atoms with E-state index in [-0.39, 0.29) is 11.4 Å². The Morgan fingerprint density at radius 1 is 1.44 bits per heavy atom. The topological polar surface area (TPSA) is 116 Å². The Morgan fingerprint density at radius 2 is 2.11 bits per heavy atom. The molecule has 0 amide bonds. The summed E-state index contributed by atoms with van der Waals surface area (Å²) < 4.78 is 23.9. The van der Waals surface area contributed by atoms with Crippen LogP contribution in [0.15, 0.2) is 17.3 Å². The first-order valence-electron chi connectivity index (χ1n) is 5.51. The molecular formula is C10H15N3O4S. The summed E-state index contributed by atoms with van der Waals surface area (Å²) in [6, 6.07) is 1.21. The van der Waals surface area contributed by atoms with E-state index in [0.717, 1.165) is 19.0 Å². The van der Waals surface area contributed by atoms with Crippen molar-refractivity contribution in [1.29, 1.82) is 0 Å². The van der Waals surface area contributed by atoms with Crippen molar-refractivity contribution in [3.8, 4) is 0 Å². The standard InChI is InChI=1S/C10H15N3O4S/c1-2-3-4-7-18(16,17)10-9(13(14)15)8(11)5-6-12-10/h5-6H,2-4,7H2,1H3,(H2,11,12). The lowest BCUT2D eigenvalue weighted by Crippen LogP contribution is -2.12. The summed E-state index contributed by atoms with van der Waals surface area (Å²) in [5.74, 6) is -0.155. The number of aromatic nitrogens is 1. The summed E-state index contributed by atoms with van der Waals surface area (Å²) in [6.07, 6.45) is 3.22. The number of nitrogens with zero attached hydrogens (tertiary/aromatic N) is 2. The second kappa shape index (κ2) is 5.76. The van der Waals surface area contributed by atoms with Gasteiger partial charge in [0.15, 0.2) is 0 Å². The molecule has 1 aromatic rings. The van der Waals surface area contributed by atoms with Crippen molar-refractivity contribution >= 4 is 21.2 Å². The van der Waals surface area contributed by atoms with Gasteiger partial charge in [-0.15, -0.1) is 0 Å². The zero-order chi connectivity index (χ0) is 13.8. The van der Waals surface area contributed by atoms with E-state index >= 15 is 0 Å². The third-order valence-corrected chi connectivity index (χ3v) is 4.13. The molecule has 1 heterocycles. The van der Waals surface area contributed by atoms with Crippen LogP contribution in [0, 0.1) is 10.1 Å². The van der Waals surface area contributed by atoms with E-state index in [2.05, 4.69) is 4.98 Å². The lowest BCUT2D eigenvalue weighted by Gasteiger charge is -2.05. The fourth-order valence-corrected chi connectivity index (χ4v) is 2.98. The van der Waals surface area contributed by atoms with Crippen LogP contribution in [0.1, 0.15) is 26.2 Å². The van der Waals surface area contributed by atoms with Gasteiger partial charge >= 0.3 is 5.69 Å². The van der Waals surface area contributed by atoms with Crippen molar-refractivity contribution in [3.05, 3.63) is 22.4 Å². The van der Waals surface area contributed by atoms with Crippen molar-refractivity contribution in [3.63, 3.8) is 0 Å². The normalized spacial score (nSPS) is 11.4. The molecule has 100 valence electrons. The molecule has 0 aliphatic rings. The molecule has 0 radical (unpaired) electrons. The van der Waals surface area contributed by atoms with E-state index in [4.69, 9.17) is 5.73 Å². The van der Waals surface area contributed by atoms with Gasteiger partial charge in [0.25, 0.3) is 0 Å². The van der Waals surface area contributed by atoms with Crippen LogP contribution in [0.5, 0.6) is 0 Å². The molecule has 18 heavy (non-hydrogen) atoms. The molecule has 0 atom stereocenters. The highest BCUT2D eigenvalue weighted by Gasteiger charge is 2.29. The van der Waals surface area contributed by atoms with Gasteiger partial charge < -0.3 is 5.73 Å². The molecule has 0 bridgehead atoms. The summed E-state index contributed by atoms with van der Waals surface area (Å²) >= 11 is 0. The molecule has 1 aromatic heterocycles. The maximum absolute atomic E-state index is 12.0. The second-order valence-corrected chi connectivity index (χ2v) is 5.86. The monoisotopic (exact) mass is 273 g/mol. The average Bonchev–Trinajstić information content (AvgIpc) is 2.28. The van der Waals surface area contributed by atoms with Crippen LogP contribution in [0.3, 0.4) is 0 Å². The molecule has 0 saturated heterocycles. The van der Waals surface area contributed by atoms with Gasteiger partial charge in [0, 0.05) is 6.20 Å². The van der Waals surface area contributed by atoms with Crippen molar-refractivity contribution in [2.75, 3.05) is 11.5 Å². The van der Waals surface area contributed by atoms with Crippen LogP contribution in [0.4, 0.5) is 11.4 Å². The van der Waals surface area contributed by atoms with Crippen LogP contribution in [-0.4, -0.2) is 24.1 Å². The quantitative estimate of drug-likeness (QED) is 0.477. The average molecular weight is 273 g/mol. The first-order chi connectivity index (χ1) is 8.40. The summed E-state index contributed by atoms with van der Waals surface area (Å²) in [6.45, 7) is 1.94. The molecule has 0 fully saturated rings. The smallest absolute Gasteiger partial charge is 0.329 e. The number of pyridine rings is 1. The molecule has 8 heteroatoms. The first-order valence-corrected chi connectivity index (χ1v) is 7.17. The fourth-order valence-electron chi connectivity index (χ4n) is 1.50. The van der Waals surface area contributed by atoms with E-state index < -0.39 is 25.5 Å². The van der Waals surface area contributed by atoms with Gasteiger partial charge in [0.05, 0.1) is 10.7 Å². The zero-order valence-corrected chi connectivity index (χ0v) is 10.8. The number of nitrogens with two attached hydrogens (primary N) is 1. The minimum Gasteiger partial charge on any atom is -0.393 e. The highest BCUT2D eigenvalue weighted by molar-refractivity contribution is 7.91. The third kappa shape index (κ3) is 3.16. The summed E-state index contributed by atoms with van der Waals surface area (Å²) in [4.78, 5) is 13.6. The minimum absolute atomic E-state index is 0.155. The number of rotatable bonds is 6. The number of nitro groups is 1. The molecule has 2 N–H and O–H groups in total. The first kappa shape index (κ1) is 14.4. The molecule has 0 aromatic carbocycles. The maximum atomic E-state index is 12.0. The molecule has 0 spiro atoms. The predicted molar refractivity (Wildman–Crippen MR) is 66.9 cm³/mol. The van der Waals surface area contributed by atoms with E-state index in [9.17, 15) is 18.5 Å². The van der Waals surface area contributed by atoms with Crippen molar-refractivity contribution in [2.24, 2.45) is 0 Å². The van der Waals surface area contributed by atoms with E-state index in [1.807, 2.05) is 6.92 Å². The number of sulfone groups is 1. The van der Waals surface area contributed by atoms with Gasteiger partial charge in [-0.2, -0.15) is 0 Å². The van der Waals surface area contributed by atoms with Crippen LogP contribution in [0.2, 0.25) is 0 Å². The number of nitrogen functional groups attached to an aromatic ring is 1. The van der Waals surface area contributed by atoms with Crippen molar-refractivity contribution < 1.29 is 13.3 Å². The molecule has 0 unspecified atom stereocenters. The third-order valence-electron chi connectivity index (χ3n) is 2.42. The Hall–Kier alpha value is -1.70. The van der Waals surface area contributed by atoms with Crippen molar-refractivity contribution in [1.82, 2.24) is 4.98 Å². The van der Waals surface area contributed by atoms with Crippen LogP contribution in [0.25, 0.3) is 0 Å². The fraction of sp³-hybridized carbons (Fsp3) is 0.500. The predicted octanol–water partition coefficient (Wildman–Crippen LogP) is 1.54. The van der Waals surface area contributed by atoms with Gasteiger partial charge in [0.2, 0.25) is 14.9 Å². The number of hydrogen-bond donors (Lipinski definition) is 1. The second-order valence-electron chi connectivity index (χ2n) is 3.84. The minimum atomic E-state index is -3.76. The molecular weight excluding hydrogens is 258 g/mol. The Labute approximate surface area is 105 Å². The van der Waals surface area contributed by atoms with E-state index in [1.165, 1.54) is 6.07 Å². The Kier molecular flexibility index (Phi) is 4.60. The Bertz CT molecular complexity index is 542. The molecule has 1 rings (SSSR count). The van der Waals surface area contributed by atoms with Gasteiger partial charge in [0.1, 0.15) is 5.69 Å². The van der Waals surface area contributed by atoms with Gasteiger partial charge in [-0.1, -0.05) is 19.8 Å². The molecule has 0 aliphatic heterocycles. The van der Waals surface area contributed by atoms with Crippen LogP contribution < -0.4 is 5.73 Å². The number of hydrogen-bond acceptors (Lipinski definition) is 6. The largest absolute Gasteiger partial charge is 0.393 e. The maximum Gasteiger partial charge on any atom is 0.329 e. The summed E-state index contributed by atoms with van der Waals surface area (Å²) in [5, 5.41) is 10.3. The van der Waals surface area contributed by atoms with E-state index in [0.29, 0.717) is 6.42 Å². The van der Waals surface area contributed by atoms with Gasteiger partial charge in [-0.3, -0.25) is 10.1 Å². The number of unbranched alkanes of at least 4 members (excludes halogenated alkanes) is 2. The SMILES string of the molecule is CCCCCS(=O)(=O)c1nccc(N)c1[N+](=O)[O-]. The number of anilines is 1. The van der Waals surface area contributed by atoms with Crippen LogP contribution in [-0.2, 0) is 9.84 Å². The lowest BCUT2D eigenvalue weighted by atomic mass is 10.3. The van der Waals surface area contributed by atoms with Crippen molar-refractivity contribution in [2.45, 2.75) is 31.2 Å². The Balaban J connectivity index is 3.16. The van der Waals surface area contributed by atoms with Gasteiger partial charge in [-0.25, -0.2) is 13.4 Å². The summed E-state index contributed by atoms with van der Waals surface area (Å²) in [7, 11) is -3.76. The molecule has 7 nitrogen and oxygen atoms in total. The molecule has 0 saturated carbocycles. The summed E-state index contributed by atoms with van der Waals surface area (Å²) in [5.41, 5.74) is 4.61. The van der Waals surface area contributed by atoms with Gasteiger partial charge in [-0.05, 0) is 12.5 Å².